The highest BCUT2D eigenvalue weighted by molar-refractivity contribution is 5.89. The van der Waals surface area contributed by atoms with Crippen LogP contribution in [-0.4, -0.2) is 24.6 Å². The van der Waals surface area contributed by atoms with E-state index in [9.17, 15) is 9.59 Å². The molecule has 0 fully saturated rings. The quantitative estimate of drug-likeness (QED) is 0.514. The number of esters is 2. The summed E-state index contributed by atoms with van der Waals surface area (Å²) in [6, 6.07) is 8.83. The van der Waals surface area contributed by atoms with E-state index >= 15 is 0 Å². The van der Waals surface area contributed by atoms with Gasteiger partial charge in [-0.3, -0.25) is 4.79 Å². The Bertz CT molecular complexity index is 428. The van der Waals surface area contributed by atoms with Gasteiger partial charge in [0.25, 0.3) is 0 Å². The van der Waals surface area contributed by atoms with E-state index in [2.05, 4.69) is 6.92 Å². The van der Waals surface area contributed by atoms with Crippen molar-refractivity contribution >= 4 is 11.9 Å². The predicted molar refractivity (Wildman–Crippen MR) is 81.0 cm³/mol. The topological polar surface area (TPSA) is 52.6 Å². The minimum Gasteiger partial charge on any atom is -0.466 e. The van der Waals surface area contributed by atoms with Crippen LogP contribution in [0.3, 0.4) is 0 Å². The number of ether oxygens (including phenoxy) is 2. The van der Waals surface area contributed by atoms with Crippen LogP contribution in [0.2, 0.25) is 0 Å². The zero-order valence-electron chi connectivity index (χ0n) is 12.8. The predicted octanol–water partition coefficient (Wildman–Crippen LogP) is 3.75. The van der Waals surface area contributed by atoms with E-state index < -0.39 is 0 Å². The number of carbonyl (C=O) groups is 2. The van der Waals surface area contributed by atoms with Crippen LogP contribution in [0.1, 0.15) is 56.3 Å². The van der Waals surface area contributed by atoms with Crippen LogP contribution in [-0.2, 0) is 14.3 Å². The first-order chi connectivity index (χ1) is 10.1. The molecular formula is C17H24O4. The van der Waals surface area contributed by atoms with E-state index in [4.69, 9.17) is 9.47 Å². The Balaban J connectivity index is 2.20. The number of benzene rings is 1. The second-order valence-corrected chi connectivity index (χ2v) is 5.05. The zero-order chi connectivity index (χ0) is 15.5. The lowest BCUT2D eigenvalue weighted by Gasteiger charge is -2.13. The van der Waals surface area contributed by atoms with Gasteiger partial charge in [-0.2, -0.15) is 0 Å². The molecule has 4 nitrogen and oxygen atoms in total. The van der Waals surface area contributed by atoms with Gasteiger partial charge in [0.2, 0.25) is 0 Å². The van der Waals surface area contributed by atoms with Gasteiger partial charge in [0.05, 0.1) is 18.3 Å². The Morgan fingerprint density at radius 1 is 1.14 bits per heavy atom. The molecule has 0 saturated heterocycles. The first kappa shape index (κ1) is 17.2. The van der Waals surface area contributed by atoms with Crippen LogP contribution < -0.4 is 0 Å². The van der Waals surface area contributed by atoms with E-state index in [-0.39, 0.29) is 24.5 Å². The molecule has 1 aromatic rings. The summed E-state index contributed by atoms with van der Waals surface area (Å²) in [7, 11) is 0. The van der Waals surface area contributed by atoms with Crippen molar-refractivity contribution in [3.63, 3.8) is 0 Å². The summed E-state index contributed by atoms with van der Waals surface area (Å²) in [5.74, 6) is -0.590. The average Bonchev–Trinajstić information content (AvgIpc) is 2.50. The molecule has 1 atom stereocenters. The van der Waals surface area contributed by atoms with Crippen molar-refractivity contribution in [1.82, 2.24) is 0 Å². The fourth-order valence-electron chi connectivity index (χ4n) is 1.82. The Hall–Kier alpha value is -1.84. The number of hydrogen-bond acceptors (Lipinski definition) is 4. The van der Waals surface area contributed by atoms with E-state index in [1.807, 2.05) is 6.07 Å². The van der Waals surface area contributed by atoms with Crippen molar-refractivity contribution in [1.29, 1.82) is 0 Å². The third-order valence-corrected chi connectivity index (χ3v) is 3.08. The SMILES string of the molecule is CCCCCOC(=O)CCC(C)OC(=O)c1ccccc1. The van der Waals surface area contributed by atoms with Gasteiger partial charge < -0.3 is 9.47 Å². The highest BCUT2D eigenvalue weighted by Crippen LogP contribution is 2.08. The molecule has 4 heteroatoms. The van der Waals surface area contributed by atoms with Gasteiger partial charge in [0, 0.05) is 6.42 Å². The van der Waals surface area contributed by atoms with Gasteiger partial charge >= 0.3 is 11.9 Å². The Morgan fingerprint density at radius 3 is 2.52 bits per heavy atom. The molecule has 0 spiro atoms. The highest BCUT2D eigenvalue weighted by atomic mass is 16.5. The summed E-state index contributed by atoms with van der Waals surface area (Å²) < 4.78 is 10.4. The maximum atomic E-state index is 11.8. The zero-order valence-corrected chi connectivity index (χ0v) is 12.8. The first-order valence-electron chi connectivity index (χ1n) is 7.55. The van der Waals surface area contributed by atoms with Gasteiger partial charge in [-0.05, 0) is 31.9 Å². The van der Waals surface area contributed by atoms with Gasteiger partial charge in [-0.15, -0.1) is 0 Å². The third-order valence-electron chi connectivity index (χ3n) is 3.08. The highest BCUT2D eigenvalue weighted by Gasteiger charge is 2.13. The second kappa shape index (κ2) is 9.97. The molecule has 0 aromatic heterocycles. The van der Waals surface area contributed by atoms with Crippen LogP contribution in [0.15, 0.2) is 30.3 Å². The number of hydrogen-bond donors (Lipinski definition) is 0. The lowest BCUT2D eigenvalue weighted by molar-refractivity contribution is -0.144. The fourth-order valence-corrected chi connectivity index (χ4v) is 1.82. The lowest BCUT2D eigenvalue weighted by Crippen LogP contribution is -2.17. The standard InChI is InChI=1S/C17H24O4/c1-3-4-8-13-20-16(18)12-11-14(2)21-17(19)15-9-6-5-7-10-15/h5-7,9-10,14H,3-4,8,11-13H2,1-2H3. The smallest absolute Gasteiger partial charge is 0.338 e. The molecule has 0 bridgehead atoms. The monoisotopic (exact) mass is 292 g/mol. The van der Waals surface area contributed by atoms with Crippen molar-refractivity contribution in [2.24, 2.45) is 0 Å². The van der Waals surface area contributed by atoms with Gasteiger partial charge in [-0.1, -0.05) is 38.0 Å². The van der Waals surface area contributed by atoms with E-state index in [1.54, 1.807) is 31.2 Å². The van der Waals surface area contributed by atoms with Crippen LogP contribution in [0.25, 0.3) is 0 Å². The molecule has 0 saturated carbocycles. The van der Waals surface area contributed by atoms with Crippen molar-refractivity contribution < 1.29 is 19.1 Å². The van der Waals surface area contributed by atoms with E-state index in [0.29, 0.717) is 18.6 Å². The van der Waals surface area contributed by atoms with Crippen molar-refractivity contribution in [3.05, 3.63) is 35.9 Å². The number of unbranched alkanes of at least 4 members (excludes halogenated alkanes) is 2. The largest absolute Gasteiger partial charge is 0.466 e. The van der Waals surface area contributed by atoms with Gasteiger partial charge in [-0.25, -0.2) is 4.79 Å². The molecule has 0 aliphatic carbocycles. The first-order valence-corrected chi connectivity index (χ1v) is 7.55. The Morgan fingerprint density at radius 2 is 1.86 bits per heavy atom. The molecule has 1 aromatic carbocycles. The summed E-state index contributed by atoms with van der Waals surface area (Å²) in [4.78, 5) is 23.3. The summed E-state index contributed by atoms with van der Waals surface area (Å²) in [5.41, 5.74) is 0.520. The molecule has 0 amide bonds. The molecule has 0 aliphatic rings. The molecule has 0 aliphatic heterocycles. The second-order valence-electron chi connectivity index (χ2n) is 5.05. The maximum Gasteiger partial charge on any atom is 0.338 e. The summed E-state index contributed by atoms with van der Waals surface area (Å²) in [6.07, 6.45) is 3.52. The molecule has 0 radical (unpaired) electrons. The molecule has 1 rings (SSSR count). The Labute approximate surface area is 126 Å². The molecule has 1 unspecified atom stereocenters. The average molecular weight is 292 g/mol. The van der Waals surface area contributed by atoms with E-state index in [0.717, 1.165) is 19.3 Å². The molecule has 0 N–H and O–H groups in total. The molecule has 21 heavy (non-hydrogen) atoms. The summed E-state index contributed by atoms with van der Waals surface area (Å²) in [6.45, 7) is 4.36. The van der Waals surface area contributed by atoms with Crippen LogP contribution in [0, 0.1) is 0 Å². The normalized spacial score (nSPS) is 11.7. The van der Waals surface area contributed by atoms with E-state index in [1.165, 1.54) is 0 Å². The molecular weight excluding hydrogens is 268 g/mol. The number of carbonyl (C=O) groups excluding carboxylic acids is 2. The third kappa shape index (κ3) is 7.49. The molecule has 116 valence electrons. The van der Waals surface area contributed by atoms with Crippen molar-refractivity contribution in [2.75, 3.05) is 6.61 Å². The van der Waals surface area contributed by atoms with Crippen LogP contribution in [0.5, 0.6) is 0 Å². The fraction of sp³-hybridized carbons (Fsp3) is 0.529. The van der Waals surface area contributed by atoms with Crippen LogP contribution in [0.4, 0.5) is 0 Å². The maximum absolute atomic E-state index is 11.8. The minimum absolute atomic E-state index is 0.228. The minimum atomic E-state index is -0.362. The lowest BCUT2D eigenvalue weighted by atomic mass is 10.2. The van der Waals surface area contributed by atoms with Crippen molar-refractivity contribution in [3.8, 4) is 0 Å². The van der Waals surface area contributed by atoms with Crippen LogP contribution >= 0.6 is 0 Å². The van der Waals surface area contributed by atoms with Gasteiger partial charge in [0.15, 0.2) is 0 Å². The summed E-state index contributed by atoms with van der Waals surface area (Å²) >= 11 is 0. The van der Waals surface area contributed by atoms with Crippen molar-refractivity contribution in [2.45, 2.75) is 52.1 Å². The molecule has 0 heterocycles. The number of rotatable bonds is 9. The Kier molecular flexibility index (Phi) is 8.17. The van der Waals surface area contributed by atoms with Gasteiger partial charge in [0.1, 0.15) is 0 Å². The summed E-state index contributed by atoms with van der Waals surface area (Å²) in [5, 5.41) is 0.